The van der Waals surface area contributed by atoms with Crippen LogP contribution in [0.25, 0.3) is 0 Å². The summed E-state index contributed by atoms with van der Waals surface area (Å²) in [6.45, 7) is 0. The molecule has 1 amide bonds. The molecule has 2 saturated carbocycles. The van der Waals surface area contributed by atoms with Gasteiger partial charge in [-0.1, -0.05) is 25.0 Å². The van der Waals surface area contributed by atoms with Gasteiger partial charge in [0.2, 0.25) is 5.91 Å². The van der Waals surface area contributed by atoms with Gasteiger partial charge in [0.15, 0.2) is 0 Å². The summed E-state index contributed by atoms with van der Waals surface area (Å²) in [6.07, 6.45) is 6.66. The third-order valence-corrected chi connectivity index (χ3v) is 5.91. The first-order valence-corrected chi connectivity index (χ1v) is 9.23. The number of hydrogen-bond acceptors (Lipinski definition) is 3. The van der Waals surface area contributed by atoms with Crippen molar-refractivity contribution in [1.82, 2.24) is 5.32 Å². The van der Waals surface area contributed by atoms with E-state index in [4.69, 9.17) is 9.84 Å². The standard InChI is InChI=1S/C20H27NO4/c1-25-17-10-8-16(9-11-17)20(12-2-3-13-20)21-18(22)14-4-6-15(7-5-14)19(23)24/h8-11,14-15H,2-7,12-13H2,1H3,(H,21,22)(H,23,24). The quantitative estimate of drug-likeness (QED) is 0.857. The van der Waals surface area contributed by atoms with Gasteiger partial charge in [-0.05, 0) is 56.2 Å². The van der Waals surface area contributed by atoms with Crippen LogP contribution in [-0.4, -0.2) is 24.1 Å². The highest BCUT2D eigenvalue weighted by Gasteiger charge is 2.39. The Hall–Kier alpha value is -2.04. The molecule has 0 bridgehead atoms. The lowest BCUT2D eigenvalue weighted by atomic mass is 9.80. The molecule has 25 heavy (non-hydrogen) atoms. The summed E-state index contributed by atoms with van der Waals surface area (Å²) in [7, 11) is 1.65. The third kappa shape index (κ3) is 3.80. The summed E-state index contributed by atoms with van der Waals surface area (Å²) in [5.41, 5.74) is 0.853. The minimum atomic E-state index is -0.732. The number of aliphatic carboxylic acids is 1. The van der Waals surface area contributed by atoms with Crippen LogP contribution in [-0.2, 0) is 15.1 Å². The van der Waals surface area contributed by atoms with Crippen molar-refractivity contribution in [3.8, 4) is 5.75 Å². The van der Waals surface area contributed by atoms with Gasteiger partial charge in [0.1, 0.15) is 5.75 Å². The van der Waals surface area contributed by atoms with Crippen molar-refractivity contribution < 1.29 is 19.4 Å². The normalized spacial score (nSPS) is 25.3. The molecule has 0 spiro atoms. The summed E-state index contributed by atoms with van der Waals surface area (Å²) in [6, 6.07) is 7.98. The summed E-state index contributed by atoms with van der Waals surface area (Å²) >= 11 is 0. The number of rotatable bonds is 5. The van der Waals surface area contributed by atoms with Crippen LogP contribution < -0.4 is 10.1 Å². The van der Waals surface area contributed by atoms with Crippen molar-refractivity contribution in [2.75, 3.05) is 7.11 Å². The lowest BCUT2D eigenvalue weighted by molar-refractivity contribution is -0.144. The Morgan fingerprint density at radius 3 is 2.12 bits per heavy atom. The highest BCUT2D eigenvalue weighted by atomic mass is 16.5. The first-order chi connectivity index (χ1) is 12.0. The van der Waals surface area contributed by atoms with Crippen molar-refractivity contribution in [3.05, 3.63) is 29.8 Å². The Morgan fingerprint density at radius 2 is 1.60 bits per heavy atom. The number of carboxylic acid groups (broad SMARTS) is 1. The van der Waals surface area contributed by atoms with Crippen LogP contribution in [0.3, 0.4) is 0 Å². The monoisotopic (exact) mass is 345 g/mol. The van der Waals surface area contributed by atoms with Gasteiger partial charge in [-0.25, -0.2) is 0 Å². The van der Waals surface area contributed by atoms with Crippen molar-refractivity contribution >= 4 is 11.9 Å². The van der Waals surface area contributed by atoms with Gasteiger partial charge in [-0.3, -0.25) is 9.59 Å². The second kappa shape index (κ2) is 7.46. The van der Waals surface area contributed by atoms with Crippen LogP contribution in [0.5, 0.6) is 5.75 Å². The second-order valence-electron chi connectivity index (χ2n) is 7.39. The van der Waals surface area contributed by atoms with Crippen LogP contribution in [0.1, 0.15) is 56.9 Å². The molecule has 1 aromatic carbocycles. The minimum absolute atomic E-state index is 0.0636. The van der Waals surface area contributed by atoms with E-state index in [2.05, 4.69) is 5.32 Å². The van der Waals surface area contributed by atoms with Gasteiger partial charge in [-0.2, -0.15) is 0 Å². The summed E-state index contributed by atoms with van der Waals surface area (Å²) < 4.78 is 5.24. The van der Waals surface area contributed by atoms with Gasteiger partial charge in [0.05, 0.1) is 18.6 Å². The highest BCUT2D eigenvalue weighted by Crippen LogP contribution is 2.40. The van der Waals surface area contributed by atoms with Gasteiger partial charge < -0.3 is 15.2 Å². The van der Waals surface area contributed by atoms with E-state index in [9.17, 15) is 9.59 Å². The zero-order valence-corrected chi connectivity index (χ0v) is 14.8. The third-order valence-electron chi connectivity index (χ3n) is 5.91. The maximum Gasteiger partial charge on any atom is 0.306 e. The molecule has 136 valence electrons. The molecular formula is C20H27NO4. The largest absolute Gasteiger partial charge is 0.497 e. The molecule has 0 saturated heterocycles. The molecule has 0 aromatic heterocycles. The Bertz CT molecular complexity index is 611. The molecule has 2 aliphatic rings. The lowest BCUT2D eigenvalue weighted by Crippen LogP contribution is -2.47. The number of carbonyl (C=O) groups excluding carboxylic acids is 1. The van der Waals surface area contributed by atoms with Gasteiger partial charge in [0.25, 0.3) is 0 Å². The summed E-state index contributed by atoms with van der Waals surface area (Å²) in [4.78, 5) is 23.9. The summed E-state index contributed by atoms with van der Waals surface area (Å²) in [5, 5.41) is 12.4. The SMILES string of the molecule is COc1ccc(C2(NC(=O)C3CCC(C(=O)O)CC3)CCCC2)cc1. The maximum atomic E-state index is 12.8. The van der Waals surface area contributed by atoms with Gasteiger partial charge in [-0.15, -0.1) is 0 Å². The number of carbonyl (C=O) groups is 2. The predicted molar refractivity (Wildman–Crippen MR) is 94.4 cm³/mol. The Balaban J connectivity index is 1.69. The topological polar surface area (TPSA) is 75.6 Å². The van der Waals surface area contributed by atoms with Crippen molar-refractivity contribution in [2.45, 2.75) is 56.9 Å². The van der Waals surface area contributed by atoms with E-state index in [1.54, 1.807) is 7.11 Å². The molecule has 2 N–H and O–H groups in total. The molecular weight excluding hydrogens is 318 g/mol. The summed E-state index contributed by atoms with van der Waals surface area (Å²) in [5.74, 6) is -0.182. The molecule has 2 fully saturated rings. The number of hydrogen-bond donors (Lipinski definition) is 2. The fourth-order valence-electron chi connectivity index (χ4n) is 4.31. The van der Waals surface area contributed by atoms with Crippen molar-refractivity contribution in [3.63, 3.8) is 0 Å². The zero-order chi connectivity index (χ0) is 17.9. The smallest absolute Gasteiger partial charge is 0.306 e. The molecule has 5 nitrogen and oxygen atoms in total. The van der Waals surface area contributed by atoms with Crippen LogP contribution in [0.15, 0.2) is 24.3 Å². The minimum Gasteiger partial charge on any atom is -0.497 e. The Kier molecular flexibility index (Phi) is 5.30. The first-order valence-electron chi connectivity index (χ1n) is 9.23. The number of benzene rings is 1. The van der Waals surface area contributed by atoms with E-state index >= 15 is 0 Å². The van der Waals surface area contributed by atoms with E-state index in [1.807, 2.05) is 24.3 Å². The van der Waals surface area contributed by atoms with Crippen molar-refractivity contribution in [1.29, 1.82) is 0 Å². The predicted octanol–water partition coefficient (Wildman–Crippen LogP) is 3.47. The highest BCUT2D eigenvalue weighted by molar-refractivity contribution is 5.80. The molecule has 1 aromatic rings. The number of nitrogens with one attached hydrogen (secondary N) is 1. The van der Waals surface area contributed by atoms with E-state index in [0.29, 0.717) is 25.7 Å². The van der Waals surface area contributed by atoms with E-state index in [1.165, 1.54) is 0 Å². The van der Waals surface area contributed by atoms with E-state index in [0.717, 1.165) is 37.0 Å². The number of ether oxygens (including phenoxy) is 1. The maximum absolute atomic E-state index is 12.8. The van der Waals surface area contributed by atoms with Crippen LogP contribution >= 0.6 is 0 Å². The number of methoxy groups -OCH3 is 1. The second-order valence-corrected chi connectivity index (χ2v) is 7.39. The molecule has 2 aliphatic carbocycles. The van der Waals surface area contributed by atoms with Crippen LogP contribution in [0.4, 0.5) is 0 Å². The lowest BCUT2D eigenvalue weighted by Gasteiger charge is -2.34. The average molecular weight is 345 g/mol. The number of carboxylic acids is 1. The molecule has 0 heterocycles. The molecule has 0 aliphatic heterocycles. The van der Waals surface area contributed by atoms with Crippen LogP contribution in [0.2, 0.25) is 0 Å². The van der Waals surface area contributed by atoms with Gasteiger partial charge in [0, 0.05) is 5.92 Å². The van der Waals surface area contributed by atoms with E-state index < -0.39 is 5.97 Å². The van der Waals surface area contributed by atoms with Crippen LogP contribution in [0, 0.1) is 11.8 Å². The number of amides is 1. The molecule has 3 rings (SSSR count). The fourth-order valence-corrected chi connectivity index (χ4v) is 4.31. The fraction of sp³-hybridized carbons (Fsp3) is 0.600. The molecule has 0 radical (unpaired) electrons. The molecule has 0 unspecified atom stereocenters. The van der Waals surface area contributed by atoms with Gasteiger partial charge >= 0.3 is 5.97 Å². The van der Waals surface area contributed by atoms with E-state index in [-0.39, 0.29) is 23.3 Å². The van der Waals surface area contributed by atoms with Crippen molar-refractivity contribution in [2.24, 2.45) is 11.8 Å². The first kappa shape index (κ1) is 17.8. The Morgan fingerprint density at radius 1 is 1.04 bits per heavy atom. The Labute approximate surface area is 148 Å². The molecule has 5 heteroatoms. The zero-order valence-electron chi connectivity index (χ0n) is 14.8. The molecule has 0 atom stereocenters. The average Bonchev–Trinajstić information content (AvgIpc) is 3.11.